The first kappa shape index (κ1) is 22.6. The summed E-state index contributed by atoms with van der Waals surface area (Å²) >= 11 is 0. The average Bonchev–Trinajstić information content (AvgIpc) is 2.78. The molecule has 0 saturated carbocycles. The second kappa shape index (κ2) is 10.3. The number of benzene rings is 2. The van der Waals surface area contributed by atoms with Crippen LogP contribution in [-0.4, -0.2) is 57.1 Å². The van der Waals surface area contributed by atoms with Crippen molar-refractivity contribution in [2.45, 2.75) is 19.8 Å². The highest BCUT2D eigenvalue weighted by Gasteiger charge is 2.19. The highest BCUT2D eigenvalue weighted by Crippen LogP contribution is 2.29. The molecule has 0 aliphatic carbocycles. The number of rotatable bonds is 6. The number of esters is 1. The fourth-order valence-electron chi connectivity index (χ4n) is 3.54. The zero-order chi connectivity index (χ0) is 22.4. The van der Waals surface area contributed by atoms with E-state index in [0.717, 1.165) is 37.4 Å². The number of anilines is 2. The molecule has 0 radical (unpaired) electrons. The molecule has 1 aliphatic heterocycles. The highest BCUT2D eigenvalue weighted by atomic mass is 16.5. The number of nitrogens with zero attached hydrogens (tertiary/aromatic N) is 2. The molecule has 2 aromatic carbocycles. The standard InChI is InChI=1S/C25H31N3O3/c1-18(2)20-8-5-19(6-9-20)7-12-24(29)26-22-17-21(25(30)31-4)10-11-23(22)28-15-13-27(3)14-16-28/h5-12,17-18H,13-16H2,1-4H3,(H,26,29)/b12-7+. The Morgan fingerprint density at radius 1 is 1.03 bits per heavy atom. The summed E-state index contributed by atoms with van der Waals surface area (Å²) in [5.41, 5.74) is 4.14. The minimum Gasteiger partial charge on any atom is -0.465 e. The van der Waals surface area contributed by atoms with Gasteiger partial charge in [0, 0.05) is 32.3 Å². The summed E-state index contributed by atoms with van der Waals surface area (Å²) in [5.74, 6) is -0.206. The SMILES string of the molecule is COC(=O)c1ccc(N2CCN(C)CC2)c(NC(=O)/C=C/c2ccc(C(C)C)cc2)c1. The molecule has 1 N–H and O–H groups in total. The van der Waals surface area contributed by atoms with Gasteiger partial charge in [-0.15, -0.1) is 0 Å². The predicted molar refractivity (Wildman–Crippen MR) is 126 cm³/mol. The van der Waals surface area contributed by atoms with Crippen molar-refractivity contribution in [2.75, 3.05) is 50.6 Å². The van der Waals surface area contributed by atoms with E-state index in [2.05, 4.69) is 48.1 Å². The summed E-state index contributed by atoms with van der Waals surface area (Å²) in [6.07, 6.45) is 3.31. The van der Waals surface area contributed by atoms with Crippen LogP contribution < -0.4 is 10.2 Å². The minimum absolute atomic E-state index is 0.245. The van der Waals surface area contributed by atoms with Crippen LogP contribution >= 0.6 is 0 Å². The van der Waals surface area contributed by atoms with Gasteiger partial charge in [-0.2, -0.15) is 0 Å². The van der Waals surface area contributed by atoms with Crippen molar-refractivity contribution < 1.29 is 14.3 Å². The number of ether oxygens (including phenoxy) is 1. The van der Waals surface area contributed by atoms with Gasteiger partial charge < -0.3 is 19.9 Å². The van der Waals surface area contributed by atoms with Crippen molar-refractivity contribution in [3.05, 3.63) is 65.2 Å². The second-order valence-electron chi connectivity index (χ2n) is 8.16. The monoisotopic (exact) mass is 421 g/mol. The van der Waals surface area contributed by atoms with Gasteiger partial charge in [-0.3, -0.25) is 4.79 Å². The molecular weight excluding hydrogens is 390 g/mol. The lowest BCUT2D eigenvalue weighted by Gasteiger charge is -2.35. The summed E-state index contributed by atoms with van der Waals surface area (Å²) in [6, 6.07) is 13.5. The Morgan fingerprint density at radius 3 is 2.32 bits per heavy atom. The molecule has 0 bridgehead atoms. The number of nitrogens with one attached hydrogen (secondary N) is 1. The van der Waals surface area contributed by atoms with Gasteiger partial charge in [-0.1, -0.05) is 38.1 Å². The Balaban J connectivity index is 1.78. The van der Waals surface area contributed by atoms with E-state index in [1.165, 1.54) is 18.7 Å². The lowest BCUT2D eigenvalue weighted by atomic mass is 10.0. The zero-order valence-corrected chi connectivity index (χ0v) is 18.7. The van der Waals surface area contributed by atoms with Crippen LogP contribution in [0.2, 0.25) is 0 Å². The number of carbonyl (C=O) groups excluding carboxylic acids is 2. The van der Waals surface area contributed by atoms with Crippen LogP contribution in [0.1, 0.15) is 41.3 Å². The first-order valence-corrected chi connectivity index (χ1v) is 10.6. The fourth-order valence-corrected chi connectivity index (χ4v) is 3.54. The van der Waals surface area contributed by atoms with Crippen LogP contribution in [0, 0.1) is 0 Å². The van der Waals surface area contributed by atoms with E-state index >= 15 is 0 Å². The summed E-state index contributed by atoms with van der Waals surface area (Å²) in [5, 5.41) is 2.95. The molecule has 0 unspecified atom stereocenters. The molecule has 6 nitrogen and oxygen atoms in total. The normalized spacial score (nSPS) is 14.8. The number of methoxy groups -OCH3 is 1. The maximum absolute atomic E-state index is 12.7. The van der Waals surface area contributed by atoms with Crippen LogP contribution in [0.4, 0.5) is 11.4 Å². The number of likely N-dealkylation sites (N-methyl/N-ethyl adjacent to an activating group) is 1. The van der Waals surface area contributed by atoms with Crippen LogP contribution in [0.3, 0.4) is 0 Å². The molecule has 0 atom stereocenters. The molecule has 0 aromatic heterocycles. The molecule has 1 amide bonds. The molecule has 164 valence electrons. The van der Waals surface area contributed by atoms with Crippen molar-refractivity contribution in [3.63, 3.8) is 0 Å². The number of carbonyl (C=O) groups is 2. The highest BCUT2D eigenvalue weighted by molar-refractivity contribution is 6.05. The molecule has 1 fully saturated rings. The lowest BCUT2D eigenvalue weighted by Crippen LogP contribution is -2.44. The van der Waals surface area contributed by atoms with E-state index < -0.39 is 5.97 Å². The Hall–Kier alpha value is -3.12. The third-order valence-corrected chi connectivity index (χ3v) is 5.55. The fraction of sp³-hybridized carbons (Fsp3) is 0.360. The van der Waals surface area contributed by atoms with Crippen LogP contribution in [0.15, 0.2) is 48.5 Å². The molecule has 0 spiro atoms. The van der Waals surface area contributed by atoms with Crippen molar-refractivity contribution in [1.29, 1.82) is 0 Å². The van der Waals surface area contributed by atoms with Crippen molar-refractivity contribution in [3.8, 4) is 0 Å². The van der Waals surface area contributed by atoms with Gasteiger partial charge in [0.15, 0.2) is 0 Å². The van der Waals surface area contributed by atoms with Crippen molar-refractivity contribution in [1.82, 2.24) is 4.90 Å². The van der Waals surface area contributed by atoms with E-state index in [-0.39, 0.29) is 5.91 Å². The van der Waals surface area contributed by atoms with E-state index in [9.17, 15) is 9.59 Å². The topological polar surface area (TPSA) is 61.9 Å². The molecule has 3 rings (SSSR count). The van der Waals surface area contributed by atoms with Gasteiger partial charge in [-0.25, -0.2) is 4.79 Å². The Morgan fingerprint density at radius 2 is 1.71 bits per heavy atom. The third kappa shape index (κ3) is 5.95. The van der Waals surface area contributed by atoms with Crippen molar-refractivity contribution >= 4 is 29.3 Å². The molecular formula is C25H31N3O3. The maximum atomic E-state index is 12.7. The van der Waals surface area contributed by atoms with E-state index in [4.69, 9.17) is 4.74 Å². The second-order valence-corrected chi connectivity index (χ2v) is 8.16. The van der Waals surface area contributed by atoms with Gasteiger partial charge in [0.2, 0.25) is 5.91 Å². The summed E-state index contributed by atoms with van der Waals surface area (Å²) in [6.45, 7) is 7.90. The zero-order valence-electron chi connectivity index (χ0n) is 18.7. The molecule has 1 saturated heterocycles. The minimum atomic E-state index is -0.429. The Bertz CT molecular complexity index is 943. The largest absolute Gasteiger partial charge is 0.465 e. The van der Waals surface area contributed by atoms with Crippen LogP contribution in [-0.2, 0) is 9.53 Å². The molecule has 6 heteroatoms. The molecule has 2 aromatic rings. The van der Waals surface area contributed by atoms with Gasteiger partial charge in [0.05, 0.1) is 24.0 Å². The number of piperazine rings is 1. The third-order valence-electron chi connectivity index (χ3n) is 5.55. The quantitative estimate of drug-likeness (QED) is 0.564. The van der Waals surface area contributed by atoms with E-state index in [1.807, 2.05) is 18.2 Å². The molecule has 31 heavy (non-hydrogen) atoms. The van der Waals surface area contributed by atoms with Crippen LogP contribution in [0.25, 0.3) is 6.08 Å². The smallest absolute Gasteiger partial charge is 0.337 e. The number of hydrogen-bond donors (Lipinski definition) is 1. The van der Waals surface area contributed by atoms with Crippen LogP contribution in [0.5, 0.6) is 0 Å². The van der Waals surface area contributed by atoms with Gasteiger partial charge in [-0.05, 0) is 48.4 Å². The van der Waals surface area contributed by atoms with Gasteiger partial charge in [0.1, 0.15) is 0 Å². The van der Waals surface area contributed by atoms with E-state index in [0.29, 0.717) is 17.2 Å². The molecule has 1 heterocycles. The maximum Gasteiger partial charge on any atom is 0.337 e. The number of hydrogen-bond acceptors (Lipinski definition) is 5. The summed E-state index contributed by atoms with van der Waals surface area (Å²) < 4.78 is 4.84. The van der Waals surface area contributed by atoms with E-state index in [1.54, 1.807) is 18.2 Å². The number of amides is 1. The molecule has 1 aliphatic rings. The Kier molecular flexibility index (Phi) is 7.47. The van der Waals surface area contributed by atoms with Gasteiger partial charge >= 0.3 is 5.97 Å². The average molecular weight is 422 g/mol. The summed E-state index contributed by atoms with van der Waals surface area (Å²) in [7, 11) is 3.45. The summed E-state index contributed by atoms with van der Waals surface area (Å²) in [4.78, 5) is 29.2. The first-order valence-electron chi connectivity index (χ1n) is 10.6. The van der Waals surface area contributed by atoms with Crippen molar-refractivity contribution in [2.24, 2.45) is 0 Å². The first-order chi connectivity index (χ1) is 14.9. The lowest BCUT2D eigenvalue weighted by molar-refractivity contribution is -0.111. The Labute approximate surface area is 184 Å². The predicted octanol–water partition coefficient (Wildman–Crippen LogP) is 4.00. The van der Waals surface area contributed by atoms with Gasteiger partial charge in [0.25, 0.3) is 0 Å².